The molecule has 1 aromatic heterocycles. The summed E-state index contributed by atoms with van der Waals surface area (Å²) in [6.07, 6.45) is 6.76. The van der Waals surface area contributed by atoms with Crippen LogP contribution in [0.2, 0.25) is 0 Å². The lowest BCUT2D eigenvalue weighted by Gasteiger charge is -2.11. The van der Waals surface area contributed by atoms with Gasteiger partial charge >= 0.3 is 0 Å². The zero-order valence-electron chi connectivity index (χ0n) is 18.2. The van der Waals surface area contributed by atoms with Crippen molar-refractivity contribution < 1.29 is 4.74 Å². The Kier molecular flexibility index (Phi) is 8.24. The third-order valence-electron chi connectivity index (χ3n) is 5.26. The van der Waals surface area contributed by atoms with Gasteiger partial charge in [0.05, 0.1) is 12.8 Å². The molecule has 0 bridgehead atoms. The highest BCUT2D eigenvalue weighted by Gasteiger charge is 2.07. The molecule has 2 aromatic carbocycles. The predicted octanol–water partition coefficient (Wildman–Crippen LogP) is 5.22. The van der Waals surface area contributed by atoms with E-state index in [0.717, 1.165) is 35.2 Å². The molecule has 0 spiro atoms. The van der Waals surface area contributed by atoms with E-state index in [1.54, 1.807) is 12.3 Å². The number of fused-ring (bicyclic) bond motifs is 1. The molecule has 0 radical (unpaired) electrons. The first kappa shape index (κ1) is 22.6. The Hall–Kier alpha value is -3.12. The van der Waals surface area contributed by atoms with Crippen LogP contribution in [0.5, 0.6) is 5.75 Å². The van der Waals surface area contributed by atoms with E-state index in [1.165, 1.54) is 5.56 Å². The standard InChI is InChI=1S/C25H30N4OS/c1-4-14-26-25(31)28-27-17-21-18-29(24-9-7-6-8-23(21)24)15-16-30-22-12-10-20(11-13-22)19(3)5-2/h4,6-13,17-19H,1,5,14-16H2,2-3H3,(H2,26,28,31)/b27-17-/t19-/m0/s1. The molecule has 0 fully saturated rings. The molecular formula is C25H30N4OS. The van der Waals surface area contributed by atoms with Crippen molar-refractivity contribution in [1.82, 2.24) is 15.3 Å². The molecule has 0 saturated carbocycles. The quantitative estimate of drug-likeness (QED) is 0.199. The van der Waals surface area contributed by atoms with E-state index in [1.807, 2.05) is 12.1 Å². The van der Waals surface area contributed by atoms with Crippen LogP contribution in [0.4, 0.5) is 0 Å². The minimum atomic E-state index is 0.465. The summed E-state index contributed by atoms with van der Waals surface area (Å²) < 4.78 is 8.18. The maximum absolute atomic E-state index is 5.99. The fourth-order valence-electron chi connectivity index (χ4n) is 3.32. The number of hydrazone groups is 1. The van der Waals surface area contributed by atoms with Gasteiger partial charge in [0.25, 0.3) is 0 Å². The van der Waals surface area contributed by atoms with E-state index in [9.17, 15) is 0 Å². The van der Waals surface area contributed by atoms with Gasteiger partial charge in [-0.1, -0.05) is 50.3 Å². The molecule has 3 aromatic rings. The molecule has 0 amide bonds. The molecular weight excluding hydrogens is 404 g/mol. The number of nitrogens with one attached hydrogen (secondary N) is 2. The fraction of sp³-hybridized carbons (Fsp3) is 0.280. The van der Waals surface area contributed by atoms with E-state index >= 15 is 0 Å². The van der Waals surface area contributed by atoms with Crippen LogP contribution in [-0.2, 0) is 6.54 Å². The molecule has 6 heteroatoms. The molecule has 0 aliphatic rings. The number of hydrogen-bond acceptors (Lipinski definition) is 3. The Balaban J connectivity index is 1.63. The van der Waals surface area contributed by atoms with E-state index in [0.29, 0.717) is 24.2 Å². The average Bonchev–Trinajstić information content (AvgIpc) is 3.15. The van der Waals surface area contributed by atoms with Gasteiger partial charge in [0.15, 0.2) is 5.11 Å². The Labute approximate surface area is 189 Å². The largest absolute Gasteiger partial charge is 0.492 e. The van der Waals surface area contributed by atoms with E-state index < -0.39 is 0 Å². The van der Waals surface area contributed by atoms with Gasteiger partial charge in [-0.3, -0.25) is 5.43 Å². The first-order valence-corrected chi connectivity index (χ1v) is 11.0. The van der Waals surface area contributed by atoms with Gasteiger partial charge in [-0.05, 0) is 48.3 Å². The number of ether oxygens (including phenoxy) is 1. The second-order valence-electron chi connectivity index (χ2n) is 7.39. The van der Waals surface area contributed by atoms with E-state index in [4.69, 9.17) is 17.0 Å². The van der Waals surface area contributed by atoms with Crippen molar-refractivity contribution in [3.63, 3.8) is 0 Å². The van der Waals surface area contributed by atoms with Crippen molar-refractivity contribution in [2.24, 2.45) is 5.10 Å². The average molecular weight is 435 g/mol. The lowest BCUT2D eigenvalue weighted by atomic mass is 9.99. The van der Waals surface area contributed by atoms with Gasteiger partial charge < -0.3 is 14.6 Å². The van der Waals surface area contributed by atoms with Crippen LogP contribution in [0.15, 0.2) is 72.5 Å². The summed E-state index contributed by atoms with van der Waals surface area (Å²) in [6, 6.07) is 16.7. The molecule has 2 N–H and O–H groups in total. The second-order valence-corrected chi connectivity index (χ2v) is 7.80. The molecule has 162 valence electrons. The lowest BCUT2D eigenvalue weighted by molar-refractivity contribution is 0.300. The number of hydrogen-bond donors (Lipinski definition) is 2. The van der Waals surface area contributed by atoms with Crippen LogP contribution >= 0.6 is 12.2 Å². The smallest absolute Gasteiger partial charge is 0.187 e. The molecule has 3 rings (SSSR count). The third kappa shape index (κ3) is 6.18. The number of benzene rings is 2. The first-order chi connectivity index (χ1) is 15.1. The number of aromatic nitrogens is 1. The van der Waals surface area contributed by atoms with Crippen LogP contribution in [0.3, 0.4) is 0 Å². The molecule has 31 heavy (non-hydrogen) atoms. The number of rotatable bonds is 10. The number of para-hydroxylation sites is 1. The van der Waals surface area contributed by atoms with Crippen molar-refractivity contribution >= 4 is 34.4 Å². The minimum Gasteiger partial charge on any atom is -0.492 e. The normalized spacial score (nSPS) is 12.1. The van der Waals surface area contributed by atoms with Gasteiger partial charge in [0.2, 0.25) is 0 Å². The summed E-state index contributed by atoms with van der Waals surface area (Å²) in [5.41, 5.74) is 6.35. The SMILES string of the molecule is C=CCNC(=S)N/N=C\c1cn(CCOc2ccc([C@@H](C)CC)cc2)c2ccccc12. The van der Waals surface area contributed by atoms with Gasteiger partial charge in [-0.15, -0.1) is 6.58 Å². The highest BCUT2D eigenvalue weighted by molar-refractivity contribution is 7.80. The van der Waals surface area contributed by atoms with Crippen molar-refractivity contribution in [2.45, 2.75) is 32.7 Å². The van der Waals surface area contributed by atoms with Crippen molar-refractivity contribution in [2.75, 3.05) is 13.2 Å². The van der Waals surface area contributed by atoms with Crippen LogP contribution in [0.1, 0.15) is 37.3 Å². The summed E-state index contributed by atoms with van der Waals surface area (Å²) >= 11 is 5.16. The van der Waals surface area contributed by atoms with Crippen LogP contribution in [0, 0.1) is 0 Å². The van der Waals surface area contributed by atoms with Crippen LogP contribution in [-0.4, -0.2) is 29.0 Å². The van der Waals surface area contributed by atoms with E-state index in [-0.39, 0.29) is 0 Å². The van der Waals surface area contributed by atoms with Gasteiger partial charge in [0.1, 0.15) is 12.4 Å². The first-order valence-electron chi connectivity index (χ1n) is 10.6. The summed E-state index contributed by atoms with van der Waals surface area (Å²) in [5, 5.41) is 8.84. The summed E-state index contributed by atoms with van der Waals surface area (Å²) in [6.45, 7) is 10.0. The second kappa shape index (κ2) is 11.3. The lowest BCUT2D eigenvalue weighted by Crippen LogP contribution is -2.31. The molecule has 1 heterocycles. The minimum absolute atomic E-state index is 0.465. The maximum atomic E-state index is 5.99. The Morgan fingerprint density at radius 2 is 2.00 bits per heavy atom. The Morgan fingerprint density at radius 1 is 1.23 bits per heavy atom. The van der Waals surface area contributed by atoms with Crippen molar-refractivity contribution in [3.8, 4) is 5.75 Å². The molecule has 1 atom stereocenters. The summed E-state index contributed by atoms with van der Waals surface area (Å²) in [4.78, 5) is 0. The van der Waals surface area contributed by atoms with E-state index in [2.05, 4.69) is 83.4 Å². The monoisotopic (exact) mass is 434 g/mol. The summed E-state index contributed by atoms with van der Waals surface area (Å²) in [5.74, 6) is 1.47. The van der Waals surface area contributed by atoms with Crippen molar-refractivity contribution in [1.29, 1.82) is 0 Å². The molecule has 0 saturated heterocycles. The highest BCUT2D eigenvalue weighted by Crippen LogP contribution is 2.22. The zero-order valence-corrected chi connectivity index (χ0v) is 19.0. The Morgan fingerprint density at radius 3 is 2.74 bits per heavy atom. The van der Waals surface area contributed by atoms with Crippen molar-refractivity contribution in [3.05, 3.63) is 78.5 Å². The van der Waals surface area contributed by atoms with Gasteiger partial charge in [-0.25, -0.2) is 0 Å². The van der Waals surface area contributed by atoms with Crippen LogP contribution in [0.25, 0.3) is 10.9 Å². The van der Waals surface area contributed by atoms with Gasteiger partial charge in [-0.2, -0.15) is 5.10 Å². The molecule has 5 nitrogen and oxygen atoms in total. The molecule has 0 unspecified atom stereocenters. The fourth-order valence-corrected chi connectivity index (χ4v) is 3.45. The highest BCUT2D eigenvalue weighted by atomic mass is 32.1. The topological polar surface area (TPSA) is 50.6 Å². The number of thiocarbonyl (C=S) groups is 1. The van der Waals surface area contributed by atoms with Crippen LogP contribution < -0.4 is 15.5 Å². The third-order valence-corrected chi connectivity index (χ3v) is 5.49. The summed E-state index contributed by atoms with van der Waals surface area (Å²) in [7, 11) is 0. The predicted molar refractivity (Wildman–Crippen MR) is 134 cm³/mol. The zero-order chi connectivity index (χ0) is 22.1. The number of nitrogens with zero attached hydrogens (tertiary/aromatic N) is 2. The van der Waals surface area contributed by atoms with Gasteiger partial charge in [0, 0.05) is 29.2 Å². The molecule has 0 aliphatic carbocycles. The molecule has 0 aliphatic heterocycles. The Bertz CT molecular complexity index is 1040. The maximum Gasteiger partial charge on any atom is 0.187 e.